The fourth-order valence-corrected chi connectivity index (χ4v) is 5.86. The van der Waals surface area contributed by atoms with Crippen LogP contribution in [0.3, 0.4) is 0 Å². The summed E-state index contributed by atoms with van der Waals surface area (Å²) in [6.07, 6.45) is 3.12. The van der Waals surface area contributed by atoms with Crippen molar-refractivity contribution < 1.29 is 22.7 Å². The van der Waals surface area contributed by atoms with E-state index >= 15 is 0 Å². The summed E-state index contributed by atoms with van der Waals surface area (Å²) in [6, 6.07) is 8.08. The molecule has 1 saturated heterocycles. The highest BCUT2D eigenvalue weighted by atomic mass is 32.2. The molecule has 2 amide bonds. The van der Waals surface area contributed by atoms with Crippen LogP contribution in [-0.2, 0) is 21.3 Å². The molecule has 2 N–H and O–H groups in total. The molecule has 1 aliphatic heterocycles. The lowest BCUT2D eigenvalue weighted by molar-refractivity contribution is 0.0507. The number of nitrogens with zero attached hydrogens (tertiary/aromatic N) is 4. The molecular formula is C24H30N6O5S2. The van der Waals surface area contributed by atoms with Crippen molar-refractivity contribution in [2.24, 2.45) is 0 Å². The Balaban J connectivity index is 1.31. The standard InChI is InChI=1S/C24H30N6O5S2/c1-16-5-7-19(8-6-16)37(33,34)30-12-10-20-21(30)25-13-18(27-20)14-26-23(32)36-29-11-9-17(15-29)28-22(31)35-24(2,3)4/h5-8,10,12-13,17H,9,11,14-15H2,1-4H3,(H,26,32)(H,28,31). The summed E-state index contributed by atoms with van der Waals surface area (Å²) in [7, 11) is -3.81. The molecule has 11 nitrogen and oxygen atoms in total. The van der Waals surface area contributed by atoms with Gasteiger partial charge in [-0.15, -0.1) is 0 Å². The van der Waals surface area contributed by atoms with E-state index in [-0.39, 0.29) is 28.4 Å². The lowest BCUT2D eigenvalue weighted by Crippen LogP contribution is -2.40. The number of rotatable bonds is 6. The molecule has 1 atom stereocenters. The van der Waals surface area contributed by atoms with Crippen molar-refractivity contribution >= 4 is 44.5 Å². The largest absolute Gasteiger partial charge is 0.444 e. The minimum absolute atomic E-state index is 0.0938. The first-order valence-corrected chi connectivity index (χ1v) is 14.0. The van der Waals surface area contributed by atoms with Crippen molar-refractivity contribution in [2.45, 2.75) is 57.2 Å². The maximum Gasteiger partial charge on any atom is 0.407 e. The number of aryl methyl sites for hydroxylation is 1. The predicted octanol–water partition coefficient (Wildman–Crippen LogP) is 3.43. The van der Waals surface area contributed by atoms with Crippen LogP contribution in [0, 0.1) is 6.92 Å². The number of nitrogens with one attached hydrogen (secondary N) is 2. The topological polar surface area (TPSA) is 136 Å². The second-order valence-electron chi connectivity index (χ2n) is 9.75. The molecule has 13 heteroatoms. The van der Waals surface area contributed by atoms with E-state index in [0.29, 0.717) is 30.7 Å². The summed E-state index contributed by atoms with van der Waals surface area (Å²) in [5.74, 6) is 0. The summed E-state index contributed by atoms with van der Waals surface area (Å²) >= 11 is 1.04. The van der Waals surface area contributed by atoms with Gasteiger partial charge in [0.05, 0.1) is 23.3 Å². The van der Waals surface area contributed by atoms with Crippen molar-refractivity contribution in [3.8, 4) is 0 Å². The minimum atomic E-state index is -3.81. The molecule has 1 unspecified atom stereocenters. The third-order valence-electron chi connectivity index (χ3n) is 5.48. The lowest BCUT2D eigenvalue weighted by atomic mass is 10.2. The van der Waals surface area contributed by atoms with Crippen LogP contribution in [-0.4, -0.2) is 62.7 Å². The van der Waals surface area contributed by atoms with Crippen LogP contribution in [0.25, 0.3) is 11.2 Å². The van der Waals surface area contributed by atoms with Gasteiger partial charge in [-0.25, -0.2) is 31.5 Å². The maximum atomic E-state index is 13.0. The first-order valence-electron chi connectivity index (χ1n) is 11.8. The number of fused-ring (bicyclic) bond motifs is 1. The summed E-state index contributed by atoms with van der Waals surface area (Å²) in [5.41, 5.74) is 1.51. The summed E-state index contributed by atoms with van der Waals surface area (Å²) < 4.78 is 34.3. The highest BCUT2D eigenvalue weighted by molar-refractivity contribution is 8.11. The maximum absolute atomic E-state index is 13.0. The van der Waals surface area contributed by atoms with Crippen molar-refractivity contribution in [3.05, 3.63) is 54.0 Å². The highest BCUT2D eigenvalue weighted by Crippen LogP contribution is 2.22. The van der Waals surface area contributed by atoms with Crippen LogP contribution in [0.4, 0.5) is 9.59 Å². The number of alkyl carbamates (subject to hydrolysis) is 1. The van der Waals surface area contributed by atoms with E-state index in [9.17, 15) is 18.0 Å². The Morgan fingerprint density at radius 3 is 2.62 bits per heavy atom. The Kier molecular flexibility index (Phi) is 7.76. The number of carbonyl (C=O) groups is 2. The van der Waals surface area contributed by atoms with Gasteiger partial charge in [-0.2, -0.15) is 0 Å². The third-order valence-corrected chi connectivity index (χ3v) is 8.06. The normalized spacial score (nSPS) is 16.6. The van der Waals surface area contributed by atoms with E-state index in [4.69, 9.17) is 4.74 Å². The summed E-state index contributed by atoms with van der Waals surface area (Å²) in [5, 5.41) is 5.35. The number of aromatic nitrogens is 3. The van der Waals surface area contributed by atoms with E-state index in [1.807, 2.05) is 11.2 Å². The van der Waals surface area contributed by atoms with Gasteiger partial charge < -0.3 is 15.4 Å². The lowest BCUT2D eigenvalue weighted by Gasteiger charge is -2.21. The molecule has 0 radical (unpaired) electrons. The molecule has 198 valence electrons. The Morgan fingerprint density at radius 2 is 1.92 bits per heavy atom. The van der Waals surface area contributed by atoms with E-state index < -0.39 is 21.7 Å². The van der Waals surface area contributed by atoms with Gasteiger partial charge in [0, 0.05) is 37.3 Å². The van der Waals surface area contributed by atoms with E-state index in [2.05, 4.69) is 20.6 Å². The fraction of sp³-hybridized carbons (Fsp3) is 0.417. The monoisotopic (exact) mass is 546 g/mol. The molecule has 2 aromatic heterocycles. The van der Waals surface area contributed by atoms with Gasteiger partial charge in [0.1, 0.15) is 11.1 Å². The van der Waals surface area contributed by atoms with Crippen LogP contribution in [0.15, 0.2) is 47.6 Å². The number of ether oxygens (including phenoxy) is 1. The first kappa shape index (κ1) is 26.9. The van der Waals surface area contributed by atoms with Crippen LogP contribution < -0.4 is 10.6 Å². The molecular weight excluding hydrogens is 516 g/mol. The SMILES string of the molecule is Cc1ccc(S(=O)(=O)n2ccc3nc(CNC(=O)SN4CCC(NC(=O)OC(C)(C)C)C4)cnc32)cc1. The van der Waals surface area contributed by atoms with Crippen LogP contribution in [0.1, 0.15) is 38.4 Å². The molecule has 37 heavy (non-hydrogen) atoms. The van der Waals surface area contributed by atoms with Crippen LogP contribution in [0.5, 0.6) is 0 Å². The molecule has 3 aromatic rings. The van der Waals surface area contributed by atoms with Crippen LogP contribution in [0.2, 0.25) is 0 Å². The van der Waals surface area contributed by atoms with Gasteiger partial charge in [0.15, 0.2) is 5.65 Å². The van der Waals surface area contributed by atoms with Crippen molar-refractivity contribution in [2.75, 3.05) is 13.1 Å². The Hall–Kier alpha value is -3.16. The molecule has 0 saturated carbocycles. The fourth-order valence-electron chi connectivity index (χ4n) is 3.74. The van der Waals surface area contributed by atoms with E-state index in [0.717, 1.165) is 21.5 Å². The summed E-state index contributed by atoms with van der Waals surface area (Å²) in [4.78, 5) is 33.3. The predicted molar refractivity (Wildman–Crippen MR) is 140 cm³/mol. The quantitative estimate of drug-likeness (QED) is 0.446. The van der Waals surface area contributed by atoms with Crippen LogP contribution >= 0.6 is 11.9 Å². The zero-order chi connectivity index (χ0) is 26.8. The van der Waals surface area contributed by atoms with Gasteiger partial charge in [0.25, 0.3) is 15.3 Å². The van der Waals surface area contributed by atoms with Gasteiger partial charge in [0.2, 0.25) is 0 Å². The molecule has 1 aromatic carbocycles. The van der Waals surface area contributed by atoms with Gasteiger partial charge in [-0.1, -0.05) is 17.7 Å². The third kappa shape index (κ3) is 6.79. The molecule has 1 fully saturated rings. The van der Waals surface area contributed by atoms with Crippen molar-refractivity contribution in [1.29, 1.82) is 0 Å². The van der Waals surface area contributed by atoms with E-state index in [1.165, 1.54) is 12.4 Å². The smallest absolute Gasteiger partial charge is 0.407 e. The second kappa shape index (κ2) is 10.7. The second-order valence-corrected chi connectivity index (χ2v) is 12.6. The Bertz CT molecular complexity index is 1400. The molecule has 0 bridgehead atoms. The molecule has 4 rings (SSSR count). The summed E-state index contributed by atoms with van der Waals surface area (Å²) in [6.45, 7) is 8.60. The van der Waals surface area contributed by atoms with Crippen molar-refractivity contribution in [1.82, 2.24) is 28.9 Å². The zero-order valence-electron chi connectivity index (χ0n) is 21.1. The van der Waals surface area contributed by atoms with Gasteiger partial charge in [-0.3, -0.25) is 4.79 Å². The van der Waals surface area contributed by atoms with Crippen molar-refractivity contribution in [3.63, 3.8) is 0 Å². The number of amides is 2. The molecule has 0 spiro atoms. The van der Waals surface area contributed by atoms with E-state index in [1.54, 1.807) is 51.1 Å². The number of hydrogen-bond acceptors (Lipinski definition) is 9. The van der Waals surface area contributed by atoms with Gasteiger partial charge in [-0.05, 0) is 52.3 Å². The number of carbonyl (C=O) groups excluding carboxylic acids is 2. The molecule has 0 aliphatic carbocycles. The molecule has 1 aliphatic rings. The average molecular weight is 547 g/mol. The first-order chi connectivity index (χ1) is 17.4. The Morgan fingerprint density at radius 1 is 1.19 bits per heavy atom. The van der Waals surface area contributed by atoms with Gasteiger partial charge >= 0.3 is 6.09 Å². The highest BCUT2D eigenvalue weighted by Gasteiger charge is 2.28. The molecule has 3 heterocycles. The average Bonchev–Trinajstić information content (AvgIpc) is 3.43. The zero-order valence-corrected chi connectivity index (χ0v) is 22.7. The number of benzene rings is 1. The minimum Gasteiger partial charge on any atom is -0.444 e. The number of hydrogen-bond donors (Lipinski definition) is 2. The Labute approximate surface area is 220 Å².